The van der Waals surface area contributed by atoms with Crippen LogP contribution in [0.4, 0.5) is 0 Å². The van der Waals surface area contributed by atoms with Crippen LogP contribution in [0.15, 0.2) is 12.4 Å². The first-order valence-electron chi connectivity index (χ1n) is 7.84. The van der Waals surface area contributed by atoms with E-state index in [1.54, 1.807) is 6.20 Å². The molecule has 1 aliphatic carbocycles. The van der Waals surface area contributed by atoms with Crippen molar-refractivity contribution >= 4 is 5.91 Å². The van der Waals surface area contributed by atoms with Crippen LogP contribution in [0.25, 0.3) is 0 Å². The molecule has 0 atom stereocenters. The fraction of sp³-hybridized carbons (Fsp3) is 0.733. The summed E-state index contributed by atoms with van der Waals surface area (Å²) in [6.07, 6.45) is 11.1. The van der Waals surface area contributed by atoms with Crippen molar-refractivity contribution in [2.24, 2.45) is 0 Å². The van der Waals surface area contributed by atoms with Crippen LogP contribution in [0.3, 0.4) is 0 Å². The smallest absolute Gasteiger partial charge is 0.242 e. The maximum absolute atomic E-state index is 12.4. The Morgan fingerprint density at radius 1 is 1.25 bits per heavy atom. The van der Waals surface area contributed by atoms with E-state index in [4.69, 9.17) is 0 Å². The first-order chi connectivity index (χ1) is 9.83. The second kappa shape index (κ2) is 6.39. The average Bonchev–Trinajstić information content (AvgIpc) is 3.23. The van der Waals surface area contributed by atoms with Crippen molar-refractivity contribution in [1.29, 1.82) is 0 Å². The van der Waals surface area contributed by atoms with Crippen molar-refractivity contribution < 1.29 is 4.79 Å². The van der Waals surface area contributed by atoms with Crippen LogP contribution in [0.1, 0.15) is 44.3 Å². The van der Waals surface area contributed by atoms with Crippen LogP contribution in [-0.4, -0.2) is 39.5 Å². The summed E-state index contributed by atoms with van der Waals surface area (Å²) in [7, 11) is 0. The average molecular weight is 276 g/mol. The molecule has 1 amide bonds. The molecule has 5 heteroatoms. The van der Waals surface area contributed by atoms with Crippen molar-refractivity contribution in [3.63, 3.8) is 0 Å². The molecule has 2 aliphatic rings. The topological polar surface area (TPSA) is 50.2 Å². The Labute approximate surface area is 120 Å². The van der Waals surface area contributed by atoms with Crippen molar-refractivity contribution in [1.82, 2.24) is 19.8 Å². The Morgan fingerprint density at radius 2 is 2.00 bits per heavy atom. The number of amides is 1. The Kier molecular flexibility index (Phi) is 4.35. The van der Waals surface area contributed by atoms with E-state index in [0.717, 1.165) is 38.3 Å². The van der Waals surface area contributed by atoms with E-state index in [9.17, 15) is 4.79 Å². The van der Waals surface area contributed by atoms with E-state index < -0.39 is 0 Å². The number of hydrogen-bond acceptors (Lipinski definition) is 3. The van der Waals surface area contributed by atoms with Crippen LogP contribution in [-0.2, 0) is 17.9 Å². The molecule has 2 heterocycles. The van der Waals surface area contributed by atoms with Gasteiger partial charge in [-0.1, -0.05) is 12.8 Å². The van der Waals surface area contributed by atoms with Gasteiger partial charge in [-0.15, -0.1) is 0 Å². The zero-order chi connectivity index (χ0) is 13.8. The number of nitrogens with zero attached hydrogens (tertiary/aromatic N) is 3. The predicted octanol–water partition coefficient (Wildman–Crippen LogP) is 1.54. The van der Waals surface area contributed by atoms with Gasteiger partial charge in [-0.3, -0.25) is 4.79 Å². The first kappa shape index (κ1) is 13.6. The molecule has 1 saturated heterocycles. The summed E-state index contributed by atoms with van der Waals surface area (Å²) in [6.45, 7) is 3.04. The number of carbonyl (C=O) groups is 1. The molecule has 2 fully saturated rings. The van der Waals surface area contributed by atoms with Gasteiger partial charge < -0.3 is 14.8 Å². The van der Waals surface area contributed by atoms with Gasteiger partial charge in [-0.25, -0.2) is 4.98 Å². The molecular formula is C15H24N4O. The fourth-order valence-electron chi connectivity index (χ4n) is 2.74. The monoisotopic (exact) mass is 276 g/mol. The first-order valence-corrected chi connectivity index (χ1v) is 7.84. The number of imidazole rings is 1. The number of likely N-dealkylation sites (tertiary alicyclic amines) is 1. The minimum absolute atomic E-state index is 0.234. The molecule has 1 N–H and O–H groups in total. The highest BCUT2D eigenvalue weighted by atomic mass is 16.2. The van der Waals surface area contributed by atoms with E-state index in [1.165, 1.54) is 25.7 Å². The molecule has 1 aliphatic heterocycles. The lowest BCUT2D eigenvalue weighted by atomic mass is 10.2. The lowest BCUT2D eigenvalue weighted by Gasteiger charge is -2.21. The van der Waals surface area contributed by atoms with Crippen LogP contribution < -0.4 is 5.32 Å². The SMILES string of the molecule is O=C(Cn1ccnc1CNC1CC1)N1CCCCCC1. The number of carbonyl (C=O) groups excluding carboxylic acids is 1. The maximum Gasteiger partial charge on any atom is 0.242 e. The van der Waals surface area contributed by atoms with Gasteiger partial charge >= 0.3 is 0 Å². The molecule has 0 spiro atoms. The molecule has 20 heavy (non-hydrogen) atoms. The fourth-order valence-corrected chi connectivity index (χ4v) is 2.74. The molecule has 1 aromatic heterocycles. The normalized spacial score (nSPS) is 19.9. The zero-order valence-corrected chi connectivity index (χ0v) is 12.1. The summed E-state index contributed by atoms with van der Waals surface area (Å²) in [5.41, 5.74) is 0. The summed E-state index contributed by atoms with van der Waals surface area (Å²) in [6, 6.07) is 0.668. The summed E-state index contributed by atoms with van der Waals surface area (Å²) in [5, 5.41) is 3.45. The van der Waals surface area contributed by atoms with Gasteiger partial charge in [0.05, 0.1) is 6.54 Å². The van der Waals surface area contributed by atoms with E-state index in [-0.39, 0.29) is 5.91 Å². The zero-order valence-electron chi connectivity index (χ0n) is 12.1. The highest BCUT2D eigenvalue weighted by molar-refractivity contribution is 5.76. The predicted molar refractivity (Wildman–Crippen MR) is 77.1 cm³/mol. The third-order valence-corrected chi connectivity index (χ3v) is 4.19. The van der Waals surface area contributed by atoms with Crippen molar-refractivity contribution in [3.05, 3.63) is 18.2 Å². The minimum atomic E-state index is 0.234. The summed E-state index contributed by atoms with van der Waals surface area (Å²) in [4.78, 5) is 18.8. The summed E-state index contributed by atoms with van der Waals surface area (Å²) in [5.74, 6) is 1.21. The molecule has 0 bridgehead atoms. The molecular weight excluding hydrogens is 252 g/mol. The van der Waals surface area contributed by atoms with Gasteiger partial charge in [0.15, 0.2) is 0 Å². The van der Waals surface area contributed by atoms with Crippen LogP contribution in [0.2, 0.25) is 0 Å². The van der Waals surface area contributed by atoms with E-state index in [1.807, 2.05) is 15.7 Å². The molecule has 0 radical (unpaired) electrons. The molecule has 3 rings (SSSR count). The highest BCUT2D eigenvalue weighted by Crippen LogP contribution is 2.19. The third kappa shape index (κ3) is 3.60. The number of hydrogen-bond donors (Lipinski definition) is 1. The molecule has 110 valence electrons. The van der Waals surface area contributed by atoms with Crippen molar-refractivity contribution in [2.75, 3.05) is 13.1 Å². The third-order valence-electron chi connectivity index (χ3n) is 4.19. The molecule has 5 nitrogen and oxygen atoms in total. The van der Waals surface area contributed by atoms with Crippen LogP contribution >= 0.6 is 0 Å². The van der Waals surface area contributed by atoms with Gasteiger partial charge in [0.2, 0.25) is 5.91 Å². The van der Waals surface area contributed by atoms with Crippen molar-refractivity contribution in [3.8, 4) is 0 Å². The van der Waals surface area contributed by atoms with Gasteiger partial charge in [0, 0.05) is 31.5 Å². The maximum atomic E-state index is 12.4. The highest BCUT2D eigenvalue weighted by Gasteiger charge is 2.21. The minimum Gasteiger partial charge on any atom is -0.341 e. The Bertz CT molecular complexity index is 444. The Balaban J connectivity index is 1.55. The van der Waals surface area contributed by atoms with E-state index in [0.29, 0.717) is 12.6 Å². The van der Waals surface area contributed by atoms with Gasteiger partial charge in [0.1, 0.15) is 12.4 Å². The number of aromatic nitrogens is 2. The van der Waals surface area contributed by atoms with Gasteiger partial charge in [-0.05, 0) is 25.7 Å². The summed E-state index contributed by atoms with van der Waals surface area (Å²) >= 11 is 0. The largest absolute Gasteiger partial charge is 0.341 e. The lowest BCUT2D eigenvalue weighted by molar-refractivity contribution is -0.131. The van der Waals surface area contributed by atoms with Crippen molar-refractivity contribution in [2.45, 2.75) is 57.7 Å². The quantitative estimate of drug-likeness (QED) is 0.887. The lowest BCUT2D eigenvalue weighted by Crippen LogP contribution is -2.35. The second-order valence-corrected chi connectivity index (χ2v) is 5.92. The van der Waals surface area contributed by atoms with Gasteiger partial charge in [0.25, 0.3) is 0 Å². The Morgan fingerprint density at radius 3 is 2.70 bits per heavy atom. The number of nitrogens with one attached hydrogen (secondary N) is 1. The molecule has 1 aromatic rings. The molecule has 0 aromatic carbocycles. The molecule has 0 unspecified atom stereocenters. The Hall–Kier alpha value is -1.36. The van der Waals surface area contributed by atoms with E-state index >= 15 is 0 Å². The molecule has 1 saturated carbocycles. The van der Waals surface area contributed by atoms with Crippen LogP contribution in [0, 0.1) is 0 Å². The summed E-state index contributed by atoms with van der Waals surface area (Å²) < 4.78 is 1.99. The second-order valence-electron chi connectivity index (χ2n) is 5.92. The number of rotatable bonds is 5. The standard InChI is InChI=1S/C15H24N4O/c20-15(18-8-3-1-2-4-9-18)12-19-10-7-16-14(19)11-17-13-5-6-13/h7,10,13,17H,1-6,8-9,11-12H2. The van der Waals surface area contributed by atoms with Gasteiger partial charge in [-0.2, -0.15) is 0 Å². The van der Waals surface area contributed by atoms with Crippen LogP contribution in [0.5, 0.6) is 0 Å². The van der Waals surface area contributed by atoms with E-state index in [2.05, 4.69) is 10.3 Å².